The second-order valence-corrected chi connectivity index (χ2v) is 6.72. The van der Waals surface area contributed by atoms with Crippen molar-refractivity contribution < 1.29 is 15.0 Å². The fourth-order valence-electron chi connectivity index (χ4n) is 2.89. The van der Waals surface area contributed by atoms with Gasteiger partial charge in [-0.15, -0.1) is 10.2 Å². The number of aromatic hydroxyl groups is 2. The monoisotopic (exact) mass is 351 g/mol. The quantitative estimate of drug-likeness (QED) is 0.653. The van der Waals surface area contributed by atoms with E-state index in [0.29, 0.717) is 12.5 Å². The minimum Gasteiger partial charge on any atom is -0.507 e. The number of carbonyl (C=O) groups excluding carboxylic acids is 1. The smallest absolute Gasteiger partial charge is 0.299 e. The Labute approximate surface area is 151 Å². The minimum absolute atomic E-state index is 0.0202. The molecule has 0 aliphatic heterocycles. The zero-order valence-electron chi connectivity index (χ0n) is 15.0. The van der Waals surface area contributed by atoms with E-state index in [4.69, 9.17) is 0 Å². The van der Waals surface area contributed by atoms with E-state index in [0.717, 1.165) is 16.5 Å². The Morgan fingerprint density at radius 2 is 1.88 bits per heavy atom. The van der Waals surface area contributed by atoms with Gasteiger partial charge in [0.2, 0.25) is 5.88 Å². The van der Waals surface area contributed by atoms with Crippen molar-refractivity contribution in [3.05, 3.63) is 53.6 Å². The molecule has 3 rings (SSSR count). The Balaban J connectivity index is 2.07. The van der Waals surface area contributed by atoms with Gasteiger partial charge in [0.1, 0.15) is 5.75 Å². The van der Waals surface area contributed by atoms with Crippen LogP contribution in [0.5, 0.6) is 11.6 Å². The lowest BCUT2D eigenvalue weighted by Gasteiger charge is -2.09. The molecule has 6 heteroatoms. The Bertz CT molecular complexity index is 1000. The third kappa shape index (κ3) is 3.31. The topological polar surface area (TPSA) is 87.2 Å². The lowest BCUT2D eigenvalue weighted by atomic mass is 10.1. The molecule has 0 unspecified atom stereocenters. The van der Waals surface area contributed by atoms with Gasteiger partial charge >= 0.3 is 0 Å². The molecule has 0 saturated carbocycles. The Morgan fingerprint density at radius 1 is 1.15 bits per heavy atom. The van der Waals surface area contributed by atoms with Gasteiger partial charge in [-0.25, -0.2) is 0 Å². The third-order valence-electron chi connectivity index (χ3n) is 4.09. The summed E-state index contributed by atoms with van der Waals surface area (Å²) in [7, 11) is 0. The molecule has 1 aromatic heterocycles. The summed E-state index contributed by atoms with van der Waals surface area (Å²) in [6.45, 7) is 6.68. The molecule has 0 atom stereocenters. The summed E-state index contributed by atoms with van der Waals surface area (Å²) < 4.78 is 1.78. The molecule has 0 fully saturated rings. The van der Waals surface area contributed by atoms with Crippen LogP contribution in [0.25, 0.3) is 10.9 Å². The van der Waals surface area contributed by atoms with Gasteiger partial charge in [-0.05, 0) is 37.1 Å². The number of nitrogens with zero attached hydrogens (tertiary/aromatic N) is 3. The highest BCUT2D eigenvalue weighted by Crippen LogP contribution is 2.40. The summed E-state index contributed by atoms with van der Waals surface area (Å²) in [5.41, 5.74) is 2.18. The van der Waals surface area contributed by atoms with Gasteiger partial charge in [0.15, 0.2) is 5.69 Å². The van der Waals surface area contributed by atoms with E-state index < -0.39 is 5.91 Å². The van der Waals surface area contributed by atoms with Crippen LogP contribution in [0, 0.1) is 12.8 Å². The lowest BCUT2D eigenvalue weighted by molar-refractivity contribution is 0.0992. The maximum atomic E-state index is 12.2. The molecule has 0 aliphatic rings. The number of rotatable bonds is 4. The predicted molar refractivity (Wildman–Crippen MR) is 100 cm³/mol. The van der Waals surface area contributed by atoms with Gasteiger partial charge in [0.05, 0.1) is 11.1 Å². The van der Waals surface area contributed by atoms with Gasteiger partial charge in [0, 0.05) is 11.9 Å². The van der Waals surface area contributed by atoms with Crippen LogP contribution in [-0.4, -0.2) is 20.7 Å². The van der Waals surface area contributed by atoms with Crippen molar-refractivity contribution in [2.24, 2.45) is 16.1 Å². The van der Waals surface area contributed by atoms with Gasteiger partial charge in [-0.1, -0.05) is 37.6 Å². The molecule has 0 bridgehead atoms. The number of aromatic nitrogens is 1. The number of azo groups is 1. The number of benzene rings is 2. The van der Waals surface area contributed by atoms with Crippen molar-refractivity contribution >= 4 is 22.5 Å². The highest BCUT2D eigenvalue weighted by atomic mass is 16.3. The zero-order chi connectivity index (χ0) is 18.8. The first-order chi connectivity index (χ1) is 12.4. The summed E-state index contributed by atoms with van der Waals surface area (Å²) in [4.78, 5) is 12.2. The fraction of sp³-hybridized carbons (Fsp3) is 0.250. The first-order valence-electron chi connectivity index (χ1n) is 8.44. The number of para-hydroxylation sites is 1. The predicted octanol–water partition coefficient (Wildman–Crippen LogP) is 4.94. The largest absolute Gasteiger partial charge is 0.507 e. The maximum Gasteiger partial charge on any atom is 0.299 e. The average Bonchev–Trinajstić information content (AvgIpc) is 2.84. The van der Waals surface area contributed by atoms with Gasteiger partial charge in [0.25, 0.3) is 5.91 Å². The van der Waals surface area contributed by atoms with E-state index >= 15 is 0 Å². The number of hydrogen-bond donors (Lipinski definition) is 2. The Hall–Kier alpha value is -3.15. The number of amides is 1. The van der Waals surface area contributed by atoms with Crippen LogP contribution in [0.4, 0.5) is 5.69 Å². The molecule has 1 heterocycles. The van der Waals surface area contributed by atoms with Crippen LogP contribution >= 0.6 is 0 Å². The minimum atomic E-state index is -0.667. The van der Waals surface area contributed by atoms with E-state index in [9.17, 15) is 15.0 Å². The van der Waals surface area contributed by atoms with Crippen molar-refractivity contribution in [2.75, 3.05) is 0 Å². The molecule has 1 amide bonds. The highest BCUT2D eigenvalue weighted by Gasteiger charge is 2.18. The second-order valence-electron chi connectivity index (χ2n) is 6.72. The van der Waals surface area contributed by atoms with Crippen molar-refractivity contribution in [2.45, 2.75) is 27.3 Å². The normalized spacial score (nSPS) is 11.7. The fourth-order valence-corrected chi connectivity index (χ4v) is 2.89. The summed E-state index contributed by atoms with van der Waals surface area (Å²) >= 11 is 0. The van der Waals surface area contributed by atoms with Crippen LogP contribution in [0.2, 0.25) is 0 Å². The maximum absolute atomic E-state index is 12.2. The standard InChI is InChI=1S/C20H21N3O3/c1-12(2)11-23-16-9-8-13(3)10-15(16)18(20(23)26)21-22-19(25)14-6-4-5-7-17(14)24/h4-10,12,24,26H,11H2,1-3H3. The summed E-state index contributed by atoms with van der Waals surface area (Å²) in [6, 6.07) is 11.9. The van der Waals surface area contributed by atoms with Crippen LogP contribution in [-0.2, 0) is 6.54 Å². The molecule has 6 nitrogen and oxygen atoms in total. The number of aryl methyl sites for hydroxylation is 1. The first-order valence-corrected chi connectivity index (χ1v) is 8.44. The molecular weight excluding hydrogens is 330 g/mol. The van der Waals surface area contributed by atoms with E-state index in [1.165, 1.54) is 12.1 Å². The van der Waals surface area contributed by atoms with E-state index in [-0.39, 0.29) is 22.9 Å². The first kappa shape index (κ1) is 17.7. The van der Waals surface area contributed by atoms with Crippen LogP contribution in [0.1, 0.15) is 29.8 Å². The number of fused-ring (bicyclic) bond motifs is 1. The van der Waals surface area contributed by atoms with Crippen molar-refractivity contribution in [1.29, 1.82) is 0 Å². The molecule has 0 spiro atoms. The number of hydrogen-bond acceptors (Lipinski definition) is 4. The number of carbonyl (C=O) groups is 1. The molecule has 0 aliphatic carbocycles. The van der Waals surface area contributed by atoms with E-state index in [1.807, 2.05) is 25.1 Å². The molecule has 134 valence electrons. The second kappa shape index (κ2) is 7.00. The van der Waals surface area contributed by atoms with E-state index in [1.54, 1.807) is 16.7 Å². The lowest BCUT2D eigenvalue weighted by Crippen LogP contribution is -2.03. The molecule has 2 aromatic carbocycles. The molecular formula is C20H21N3O3. The van der Waals surface area contributed by atoms with Crippen molar-refractivity contribution in [3.8, 4) is 11.6 Å². The summed E-state index contributed by atoms with van der Waals surface area (Å²) in [5.74, 6) is -0.516. The molecule has 2 N–H and O–H groups in total. The number of phenols is 1. The highest BCUT2D eigenvalue weighted by molar-refractivity contribution is 5.99. The van der Waals surface area contributed by atoms with E-state index in [2.05, 4.69) is 24.1 Å². The molecule has 0 radical (unpaired) electrons. The van der Waals surface area contributed by atoms with Crippen LogP contribution < -0.4 is 0 Å². The van der Waals surface area contributed by atoms with Crippen molar-refractivity contribution in [3.63, 3.8) is 0 Å². The SMILES string of the molecule is Cc1ccc2c(c1)c(N=NC(=O)c1ccccc1O)c(O)n2CC(C)C. The van der Waals surface area contributed by atoms with Crippen LogP contribution in [0.3, 0.4) is 0 Å². The zero-order valence-corrected chi connectivity index (χ0v) is 15.0. The third-order valence-corrected chi connectivity index (χ3v) is 4.09. The Morgan fingerprint density at radius 3 is 2.58 bits per heavy atom. The van der Waals surface area contributed by atoms with Gasteiger partial charge in [-0.2, -0.15) is 0 Å². The van der Waals surface area contributed by atoms with Gasteiger partial charge in [-0.3, -0.25) is 4.79 Å². The molecule has 0 saturated heterocycles. The number of phenolic OH excluding ortho intramolecular Hbond substituents is 1. The van der Waals surface area contributed by atoms with Crippen LogP contribution in [0.15, 0.2) is 52.7 Å². The Kier molecular flexibility index (Phi) is 4.75. The average molecular weight is 351 g/mol. The van der Waals surface area contributed by atoms with Crippen molar-refractivity contribution in [1.82, 2.24) is 4.57 Å². The molecule has 26 heavy (non-hydrogen) atoms. The summed E-state index contributed by atoms with van der Waals surface area (Å²) in [6.07, 6.45) is 0. The summed E-state index contributed by atoms with van der Waals surface area (Å²) in [5, 5.41) is 28.9. The van der Waals surface area contributed by atoms with Gasteiger partial charge < -0.3 is 14.8 Å². The molecule has 3 aromatic rings.